The monoisotopic (exact) mass is 714 g/mol. The quantitative estimate of drug-likeness (QED) is 0.159. The number of nitriles is 1. The molecule has 0 saturated heterocycles. The zero-order chi connectivity index (χ0) is 37.4. The normalized spacial score (nSPS) is 11.2. The third-order valence-corrected chi connectivity index (χ3v) is 10.2. The van der Waals surface area contributed by atoms with Crippen LogP contribution in [-0.2, 0) is 0 Å². The summed E-state index contributed by atoms with van der Waals surface area (Å²) in [6, 6.07) is 59.8. The van der Waals surface area contributed by atoms with Crippen LogP contribution in [0, 0.1) is 11.3 Å². The number of hydrogen-bond acceptors (Lipinski definition) is 6. The Bertz CT molecular complexity index is 3080. The molecular weight excluding hydrogens is 685 g/mol. The van der Waals surface area contributed by atoms with Crippen LogP contribution >= 0.6 is 0 Å². The van der Waals surface area contributed by atoms with Gasteiger partial charge in [0.05, 0.1) is 22.7 Å². The summed E-state index contributed by atoms with van der Waals surface area (Å²) in [4.78, 5) is 24.6. The molecule has 56 heavy (non-hydrogen) atoms. The average molecular weight is 715 g/mol. The Morgan fingerprint density at radius 1 is 0.339 bits per heavy atom. The fraction of sp³-hybridized carbons (Fsp3) is 0. The standard InChI is InChI=1S/C50H30N6/c51-31-32-21-23-33(24-22-32)42-29-44-41-20-10-26-53-47(41)43(30-45(44)40-19-9-25-52-46(40)42)38-17-7-15-36(27-38)37-16-8-18-39(28-37)50-55-48(34-11-3-1-4-12-34)54-49(56-50)35-13-5-2-6-14-35/h1-30H. The number of fused-ring (bicyclic) bond motifs is 5. The van der Waals surface area contributed by atoms with Crippen molar-refractivity contribution in [3.8, 4) is 73.6 Å². The SMILES string of the molecule is N#Cc1ccc(-c2cc3c4cccnc4c(-c4cccc(-c5cccc(-c6nc(-c7ccccc7)nc(-c7ccccc7)n6)c5)c4)cc3c3cccnc23)cc1. The Hall–Kier alpha value is -7.88. The minimum atomic E-state index is 0.612. The molecule has 0 unspecified atom stereocenters. The fourth-order valence-corrected chi connectivity index (χ4v) is 7.51. The summed E-state index contributed by atoms with van der Waals surface area (Å²) < 4.78 is 0. The van der Waals surface area contributed by atoms with Gasteiger partial charge in [0.2, 0.25) is 0 Å². The maximum atomic E-state index is 9.41. The van der Waals surface area contributed by atoms with Crippen molar-refractivity contribution in [2.24, 2.45) is 0 Å². The first-order valence-electron chi connectivity index (χ1n) is 18.4. The molecule has 0 radical (unpaired) electrons. The molecule has 0 aliphatic carbocycles. The molecule has 0 fully saturated rings. The molecule has 0 saturated carbocycles. The van der Waals surface area contributed by atoms with E-state index in [9.17, 15) is 5.26 Å². The minimum absolute atomic E-state index is 0.612. The van der Waals surface area contributed by atoms with Gasteiger partial charge in [-0.15, -0.1) is 0 Å². The molecule has 6 heteroatoms. The first kappa shape index (κ1) is 32.7. The summed E-state index contributed by atoms with van der Waals surface area (Å²) in [6.07, 6.45) is 3.70. The Kier molecular flexibility index (Phi) is 8.09. The number of rotatable bonds is 6. The van der Waals surface area contributed by atoms with Gasteiger partial charge in [0.15, 0.2) is 17.5 Å². The van der Waals surface area contributed by atoms with Gasteiger partial charge >= 0.3 is 0 Å². The zero-order valence-electron chi connectivity index (χ0n) is 30.0. The van der Waals surface area contributed by atoms with Gasteiger partial charge in [-0.25, -0.2) is 15.0 Å². The summed E-state index contributed by atoms with van der Waals surface area (Å²) in [6.45, 7) is 0. The van der Waals surface area contributed by atoms with Gasteiger partial charge in [-0.2, -0.15) is 5.26 Å². The van der Waals surface area contributed by atoms with Gasteiger partial charge in [0.25, 0.3) is 0 Å². The van der Waals surface area contributed by atoms with Crippen LogP contribution in [0.2, 0.25) is 0 Å². The number of benzene rings is 7. The second-order valence-corrected chi connectivity index (χ2v) is 13.6. The molecule has 0 aliphatic rings. The van der Waals surface area contributed by atoms with Crippen LogP contribution in [0.25, 0.3) is 100 Å². The van der Waals surface area contributed by atoms with Crippen molar-refractivity contribution in [2.45, 2.75) is 0 Å². The van der Waals surface area contributed by atoms with Crippen LogP contribution in [-0.4, -0.2) is 24.9 Å². The Labute approximate surface area is 323 Å². The van der Waals surface area contributed by atoms with Gasteiger partial charge in [0, 0.05) is 51.0 Å². The van der Waals surface area contributed by atoms with Crippen LogP contribution in [0.15, 0.2) is 182 Å². The van der Waals surface area contributed by atoms with E-state index in [1.165, 1.54) is 0 Å². The molecule has 7 aromatic carbocycles. The van der Waals surface area contributed by atoms with E-state index in [0.29, 0.717) is 23.0 Å². The molecule has 10 aromatic rings. The highest BCUT2D eigenvalue weighted by Gasteiger charge is 2.17. The van der Waals surface area contributed by atoms with Crippen LogP contribution in [0.3, 0.4) is 0 Å². The molecule has 0 N–H and O–H groups in total. The third kappa shape index (κ3) is 5.90. The van der Waals surface area contributed by atoms with E-state index in [-0.39, 0.29) is 0 Å². The highest BCUT2D eigenvalue weighted by Crippen LogP contribution is 2.41. The molecule has 0 atom stereocenters. The molecule has 0 bridgehead atoms. The lowest BCUT2D eigenvalue weighted by atomic mass is 9.90. The van der Waals surface area contributed by atoms with Gasteiger partial charge in [-0.05, 0) is 81.6 Å². The topological polar surface area (TPSA) is 88.2 Å². The van der Waals surface area contributed by atoms with Gasteiger partial charge in [-0.3, -0.25) is 9.97 Å². The molecule has 260 valence electrons. The Balaban J connectivity index is 1.10. The second-order valence-electron chi connectivity index (χ2n) is 13.6. The van der Waals surface area contributed by atoms with E-state index in [1.54, 1.807) is 0 Å². The minimum Gasteiger partial charge on any atom is -0.256 e. The van der Waals surface area contributed by atoms with Crippen LogP contribution in [0.1, 0.15) is 5.56 Å². The first-order valence-corrected chi connectivity index (χ1v) is 18.4. The van der Waals surface area contributed by atoms with E-state index in [4.69, 9.17) is 24.9 Å². The summed E-state index contributed by atoms with van der Waals surface area (Å²) in [5.74, 6) is 1.87. The smallest absolute Gasteiger partial charge is 0.164 e. The van der Waals surface area contributed by atoms with E-state index in [0.717, 1.165) is 82.6 Å². The molecule has 10 rings (SSSR count). The lowest BCUT2D eigenvalue weighted by Crippen LogP contribution is -2.00. The molecule has 0 aliphatic heterocycles. The van der Waals surface area contributed by atoms with Crippen molar-refractivity contribution in [2.75, 3.05) is 0 Å². The largest absolute Gasteiger partial charge is 0.256 e. The van der Waals surface area contributed by atoms with E-state index in [2.05, 4.69) is 78.9 Å². The van der Waals surface area contributed by atoms with Gasteiger partial charge in [-0.1, -0.05) is 121 Å². The average Bonchev–Trinajstić information content (AvgIpc) is 3.29. The number of nitrogens with zero attached hydrogens (tertiary/aromatic N) is 6. The lowest BCUT2D eigenvalue weighted by Gasteiger charge is -2.15. The van der Waals surface area contributed by atoms with Crippen molar-refractivity contribution in [3.63, 3.8) is 0 Å². The molecule has 0 amide bonds. The van der Waals surface area contributed by atoms with E-state index < -0.39 is 0 Å². The van der Waals surface area contributed by atoms with Crippen molar-refractivity contribution < 1.29 is 0 Å². The fourth-order valence-electron chi connectivity index (χ4n) is 7.51. The number of aromatic nitrogens is 5. The van der Waals surface area contributed by atoms with Crippen molar-refractivity contribution >= 4 is 32.6 Å². The highest BCUT2D eigenvalue weighted by atomic mass is 15.0. The van der Waals surface area contributed by atoms with Crippen molar-refractivity contribution in [1.29, 1.82) is 5.26 Å². The summed E-state index contributed by atoms with van der Waals surface area (Å²) in [5, 5.41) is 13.7. The van der Waals surface area contributed by atoms with Crippen molar-refractivity contribution in [3.05, 3.63) is 188 Å². The molecule has 6 nitrogen and oxygen atoms in total. The van der Waals surface area contributed by atoms with Gasteiger partial charge < -0.3 is 0 Å². The number of hydrogen-bond donors (Lipinski definition) is 0. The maximum Gasteiger partial charge on any atom is 0.164 e. The molecule has 3 aromatic heterocycles. The van der Waals surface area contributed by atoms with Crippen LogP contribution < -0.4 is 0 Å². The first-order chi connectivity index (χ1) is 27.7. The van der Waals surface area contributed by atoms with E-state index >= 15 is 0 Å². The van der Waals surface area contributed by atoms with Crippen LogP contribution in [0.4, 0.5) is 0 Å². The lowest BCUT2D eigenvalue weighted by molar-refractivity contribution is 1.07. The summed E-state index contributed by atoms with van der Waals surface area (Å²) in [5.41, 5.74) is 11.5. The Morgan fingerprint density at radius 2 is 0.786 bits per heavy atom. The Morgan fingerprint density at radius 3 is 1.32 bits per heavy atom. The maximum absolute atomic E-state index is 9.41. The summed E-state index contributed by atoms with van der Waals surface area (Å²) >= 11 is 0. The van der Waals surface area contributed by atoms with Crippen molar-refractivity contribution in [1.82, 2.24) is 24.9 Å². The number of pyridine rings is 2. The van der Waals surface area contributed by atoms with E-state index in [1.807, 2.05) is 109 Å². The molecular formula is C50H30N6. The highest BCUT2D eigenvalue weighted by molar-refractivity contribution is 6.22. The summed E-state index contributed by atoms with van der Waals surface area (Å²) in [7, 11) is 0. The predicted octanol–water partition coefficient (Wildman–Crippen LogP) is 12.0. The van der Waals surface area contributed by atoms with Crippen LogP contribution in [0.5, 0.6) is 0 Å². The predicted molar refractivity (Wildman–Crippen MR) is 225 cm³/mol. The third-order valence-electron chi connectivity index (χ3n) is 10.2. The van der Waals surface area contributed by atoms with Gasteiger partial charge in [0.1, 0.15) is 0 Å². The molecule has 3 heterocycles. The molecule has 0 spiro atoms. The second kappa shape index (κ2) is 13.8. The zero-order valence-corrected chi connectivity index (χ0v) is 30.0.